The molecular formula is C13H19ClN2O2S. The zero-order valence-corrected chi connectivity index (χ0v) is 12.8. The predicted octanol–water partition coefficient (Wildman–Crippen LogP) is 2.65. The van der Waals surface area contributed by atoms with E-state index < -0.39 is 10.0 Å². The highest BCUT2D eigenvalue weighted by atomic mass is 35.5. The SMILES string of the molecule is CCC1CCN(S(=O)(=O)c2cc(C)c(Cl)c(N)c2)C1. The molecule has 0 radical (unpaired) electrons. The van der Waals surface area contributed by atoms with Gasteiger partial charge >= 0.3 is 0 Å². The standard InChI is InChI=1S/C13H19ClN2O2S/c1-3-10-4-5-16(8-10)19(17,18)11-6-9(2)13(14)12(15)7-11/h6-7,10H,3-5,8,15H2,1-2H3. The van der Waals surface area contributed by atoms with Crippen molar-refractivity contribution >= 4 is 27.3 Å². The van der Waals surface area contributed by atoms with Gasteiger partial charge in [-0.05, 0) is 37.0 Å². The van der Waals surface area contributed by atoms with Crippen LogP contribution in [0.2, 0.25) is 5.02 Å². The molecule has 1 aliphatic heterocycles. The maximum atomic E-state index is 12.5. The molecule has 0 saturated carbocycles. The van der Waals surface area contributed by atoms with E-state index in [1.54, 1.807) is 17.3 Å². The molecule has 2 N–H and O–H groups in total. The molecule has 1 unspecified atom stereocenters. The van der Waals surface area contributed by atoms with Crippen molar-refractivity contribution in [2.75, 3.05) is 18.8 Å². The lowest BCUT2D eigenvalue weighted by atomic mass is 10.1. The van der Waals surface area contributed by atoms with E-state index in [4.69, 9.17) is 17.3 Å². The van der Waals surface area contributed by atoms with Gasteiger partial charge in [-0.15, -0.1) is 0 Å². The molecule has 0 aliphatic carbocycles. The van der Waals surface area contributed by atoms with Crippen LogP contribution >= 0.6 is 11.6 Å². The van der Waals surface area contributed by atoms with Crippen molar-refractivity contribution in [2.24, 2.45) is 5.92 Å². The van der Waals surface area contributed by atoms with E-state index in [1.165, 1.54) is 6.07 Å². The summed E-state index contributed by atoms with van der Waals surface area (Å²) in [5.74, 6) is 0.459. The number of hydrogen-bond acceptors (Lipinski definition) is 3. The Balaban J connectivity index is 2.35. The lowest BCUT2D eigenvalue weighted by molar-refractivity contribution is 0.453. The number of anilines is 1. The highest BCUT2D eigenvalue weighted by Gasteiger charge is 2.32. The fourth-order valence-electron chi connectivity index (χ4n) is 2.41. The van der Waals surface area contributed by atoms with E-state index >= 15 is 0 Å². The summed E-state index contributed by atoms with van der Waals surface area (Å²) in [6.45, 7) is 5.03. The lowest BCUT2D eigenvalue weighted by Gasteiger charge is -2.17. The van der Waals surface area contributed by atoms with Gasteiger partial charge in [0.2, 0.25) is 10.0 Å². The fourth-order valence-corrected chi connectivity index (χ4v) is 4.17. The smallest absolute Gasteiger partial charge is 0.243 e. The van der Waals surface area contributed by atoms with Crippen molar-refractivity contribution in [1.82, 2.24) is 4.31 Å². The van der Waals surface area contributed by atoms with E-state index in [9.17, 15) is 8.42 Å². The molecule has 1 aromatic carbocycles. The Hall–Kier alpha value is -0.780. The van der Waals surface area contributed by atoms with Crippen LogP contribution in [0.5, 0.6) is 0 Å². The van der Waals surface area contributed by atoms with Gasteiger partial charge in [-0.1, -0.05) is 24.9 Å². The summed E-state index contributed by atoms with van der Waals surface area (Å²) in [5.41, 5.74) is 6.75. The Bertz CT molecular complexity index is 563. The van der Waals surface area contributed by atoms with Crippen LogP contribution in [0, 0.1) is 12.8 Å². The van der Waals surface area contributed by atoms with Crippen LogP contribution in [0.4, 0.5) is 5.69 Å². The van der Waals surface area contributed by atoms with E-state index in [0.29, 0.717) is 35.3 Å². The molecule has 1 saturated heterocycles. The summed E-state index contributed by atoms with van der Waals surface area (Å²) in [5, 5.41) is 0.423. The number of nitrogens with two attached hydrogens (primary N) is 1. The van der Waals surface area contributed by atoms with Gasteiger partial charge < -0.3 is 5.73 Å². The highest BCUT2D eigenvalue weighted by molar-refractivity contribution is 7.89. The average molecular weight is 303 g/mol. The fraction of sp³-hybridized carbons (Fsp3) is 0.538. The first-order valence-electron chi connectivity index (χ1n) is 6.42. The number of rotatable bonds is 3. The molecule has 6 heteroatoms. The Labute approximate surface area is 119 Å². The number of halogens is 1. The quantitative estimate of drug-likeness (QED) is 0.873. The molecule has 0 aromatic heterocycles. The zero-order chi connectivity index (χ0) is 14.2. The Kier molecular flexibility index (Phi) is 4.08. The van der Waals surface area contributed by atoms with Crippen LogP contribution in [0.1, 0.15) is 25.3 Å². The summed E-state index contributed by atoms with van der Waals surface area (Å²) in [7, 11) is -3.45. The molecule has 1 aliphatic rings. The molecular weight excluding hydrogens is 284 g/mol. The van der Waals surface area contributed by atoms with Gasteiger partial charge in [0.05, 0.1) is 15.6 Å². The first kappa shape index (κ1) is 14.6. The molecule has 2 rings (SSSR count). The monoisotopic (exact) mass is 302 g/mol. The number of aryl methyl sites for hydroxylation is 1. The normalized spacial score (nSPS) is 20.9. The Morgan fingerprint density at radius 3 is 2.68 bits per heavy atom. The van der Waals surface area contributed by atoms with Gasteiger partial charge in [0, 0.05) is 13.1 Å². The van der Waals surface area contributed by atoms with Crippen LogP contribution in [-0.4, -0.2) is 25.8 Å². The lowest BCUT2D eigenvalue weighted by Crippen LogP contribution is -2.29. The largest absolute Gasteiger partial charge is 0.397 e. The van der Waals surface area contributed by atoms with Crippen molar-refractivity contribution in [3.05, 3.63) is 22.7 Å². The molecule has 0 spiro atoms. The first-order chi connectivity index (χ1) is 8.86. The zero-order valence-electron chi connectivity index (χ0n) is 11.2. The van der Waals surface area contributed by atoms with Gasteiger partial charge in [-0.25, -0.2) is 8.42 Å². The van der Waals surface area contributed by atoms with Gasteiger partial charge in [0.25, 0.3) is 0 Å². The summed E-state index contributed by atoms with van der Waals surface area (Å²) < 4.78 is 26.6. The molecule has 106 valence electrons. The van der Waals surface area contributed by atoms with Crippen LogP contribution < -0.4 is 5.73 Å². The van der Waals surface area contributed by atoms with Gasteiger partial charge in [-0.3, -0.25) is 0 Å². The molecule has 4 nitrogen and oxygen atoms in total. The first-order valence-corrected chi connectivity index (χ1v) is 8.23. The van der Waals surface area contributed by atoms with Gasteiger partial charge in [0.15, 0.2) is 0 Å². The molecule has 1 atom stereocenters. The van der Waals surface area contributed by atoms with E-state index in [0.717, 1.165) is 12.8 Å². The number of nitrogen functional groups attached to an aromatic ring is 1. The summed E-state index contributed by atoms with van der Waals surface area (Å²) in [6.07, 6.45) is 1.94. The molecule has 1 heterocycles. The van der Waals surface area contributed by atoms with E-state index in [-0.39, 0.29) is 4.90 Å². The predicted molar refractivity (Wildman–Crippen MR) is 77.8 cm³/mol. The van der Waals surface area contributed by atoms with Crippen LogP contribution in [0.3, 0.4) is 0 Å². The Morgan fingerprint density at radius 1 is 1.47 bits per heavy atom. The van der Waals surface area contributed by atoms with Crippen molar-refractivity contribution in [2.45, 2.75) is 31.6 Å². The maximum Gasteiger partial charge on any atom is 0.243 e. The minimum atomic E-state index is -3.45. The Morgan fingerprint density at radius 2 is 2.16 bits per heavy atom. The molecule has 1 fully saturated rings. The van der Waals surface area contributed by atoms with Crippen LogP contribution in [0.25, 0.3) is 0 Å². The molecule has 19 heavy (non-hydrogen) atoms. The van der Waals surface area contributed by atoms with E-state index in [2.05, 4.69) is 6.92 Å². The van der Waals surface area contributed by atoms with Crippen molar-refractivity contribution in [3.63, 3.8) is 0 Å². The second-order valence-corrected chi connectivity index (χ2v) is 7.39. The molecule has 0 bridgehead atoms. The second-order valence-electron chi connectivity index (χ2n) is 5.07. The second kappa shape index (κ2) is 5.31. The van der Waals surface area contributed by atoms with Crippen LogP contribution in [-0.2, 0) is 10.0 Å². The molecule has 0 amide bonds. The average Bonchev–Trinajstić information content (AvgIpc) is 2.84. The maximum absolute atomic E-state index is 12.5. The topological polar surface area (TPSA) is 63.4 Å². The number of nitrogens with zero attached hydrogens (tertiary/aromatic N) is 1. The summed E-state index contributed by atoms with van der Waals surface area (Å²) >= 11 is 5.97. The minimum Gasteiger partial charge on any atom is -0.397 e. The third kappa shape index (κ3) is 2.73. The number of sulfonamides is 1. The van der Waals surface area contributed by atoms with Crippen molar-refractivity contribution < 1.29 is 8.42 Å². The molecule has 1 aromatic rings. The third-order valence-electron chi connectivity index (χ3n) is 3.72. The highest BCUT2D eigenvalue weighted by Crippen LogP contribution is 2.31. The summed E-state index contributed by atoms with van der Waals surface area (Å²) in [4.78, 5) is 0.239. The number of benzene rings is 1. The van der Waals surface area contributed by atoms with E-state index in [1.807, 2.05) is 0 Å². The number of hydrogen-bond donors (Lipinski definition) is 1. The third-order valence-corrected chi connectivity index (χ3v) is 6.08. The summed E-state index contributed by atoms with van der Waals surface area (Å²) in [6, 6.07) is 3.04. The van der Waals surface area contributed by atoms with Gasteiger partial charge in [-0.2, -0.15) is 4.31 Å². The van der Waals surface area contributed by atoms with Gasteiger partial charge in [0.1, 0.15) is 0 Å². The van der Waals surface area contributed by atoms with Crippen molar-refractivity contribution in [1.29, 1.82) is 0 Å². The minimum absolute atomic E-state index is 0.239. The van der Waals surface area contributed by atoms with Crippen LogP contribution in [0.15, 0.2) is 17.0 Å². The van der Waals surface area contributed by atoms with Crippen molar-refractivity contribution in [3.8, 4) is 0 Å².